The number of hydrogen-bond acceptors (Lipinski definition) is 5. The van der Waals surface area contributed by atoms with Crippen molar-refractivity contribution in [2.45, 2.75) is 12.5 Å². The van der Waals surface area contributed by atoms with Crippen molar-refractivity contribution in [3.63, 3.8) is 0 Å². The molecule has 1 atom stereocenters. The number of aromatic nitrogens is 2. The van der Waals surface area contributed by atoms with E-state index >= 15 is 0 Å². The Balaban J connectivity index is 1.82. The minimum atomic E-state index is -0.676. The van der Waals surface area contributed by atoms with E-state index < -0.39 is 6.10 Å². The normalized spacial score (nSPS) is 12.8. The molecule has 0 aliphatic carbocycles. The van der Waals surface area contributed by atoms with Crippen LogP contribution in [0.2, 0.25) is 0 Å². The average molecular weight is 269 g/mol. The molecule has 0 aliphatic heterocycles. The molecule has 0 spiro atoms. The maximum atomic E-state index is 11.6. The molecule has 2 aromatic rings. The minimum Gasteiger partial charge on any atom is -0.389 e. The molecular formula is C11H15N3O3S. The standard InChI is InChI=1S/C11H15N3O3S/c1-17-7-9(15)5-12-10(16)4-8-6-14-2-3-18-11(14)13-8/h2-3,6,9,15H,4-5,7H2,1H3,(H,12,16). The number of nitrogens with zero attached hydrogens (tertiary/aromatic N) is 2. The zero-order valence-corrected chi connectivity index (χ0v) is 10.8. The molecule has 2 heterocycles. The first kappa shape index (κ1) is 13.0. The van der Waals surface area contributed by atoms with Gasteiger partial charge in [-0.25, -0.2) is 4.98 Å². The first-order chi connectivity index (χ1) is 8.69. The predicted molar refractivity (Wildman–Crippen MR) is 67.7 cm³/mol. The summed E-state index contributed by atoms with van der Waals surface area (Å²) in [5, 5.41) is 14.0. The van der Waals surface area contributed by atoms with Gasteiger partial charge in [-0.3, -0.25) is 9.20 Å². The lowest BCUT2D eigenvalue weighted by molar-refractivity contribution is -0.121. The van der Waals surface area contributed by atoms with Gasteiger partial charge in [-0.2, -0.15) is 0 Å². The molecule has 0 saturated heterocycles. The van der Waals surface area contributed by atoms with Crippen LogP contribution in [0.15, 0.2) is 17.8 Å². The molecule has 2 N–H and O–H groups in total. The highest BCUT2D eigenvalue weighted by molar-refractivity contribution is 7.15. The van der Waals surface area contributed by atoms with E-state index in [1.165, 1.54) is 18.4 Å². The zero-order valence-electron chi connectivity index (χ0n) is 10.00. The number of rotatable bonds is 6. The van der Waals surface area contributed by atoms with Crippen LogP contribution in [-0.4, -0.2) is 46.8 Å². The SMILES string of the molecule is COCC(O)CNC(=O)Cc1cn2ccsc2n1. The summed E-state index contributed by atoms with van der Waals surface area (Å²) in [5.41, 5.74) is 0.723. The number of hydrogen-bond donors (Lipinski definition) is 2. The number of ether oxygens (including phenoxy) is 1. The number of carbonyl (C=O) groups is 1. The Hall–Kier alpha value is -1.44. The molecular weight excluding hydrogens is 254 g/mol. The predicted octanol–water partition coefficient (Wildman–Crippen LogP) is 0.0618. The van der Waals surface area contributed by atoms with Crippen LogP contribution in [0.3, 0.4) is 0 Å². The highest BCUT2D eigenvalue weighted by Gasteiger charge is 2.10. The van der Waals surface area contributed by atoms with Crippen LogP contribution >= 0.6 is 11.3 Å². The van der Waals surface area contributed by atoms with Crippen molar-refractivity contribution in [2.75, 3.05) is 20.3 Å². The summed E-state index contributed by atoms with van der Waals surface area (Å²) in [4.78, 5) is 16.8. The quantitative estimate of drug-likeness (QED) is 0.777. The van der Waals surface area contributed by atoms with E-state index in [1.54, 1.807) is 0 Å². The number of imidazole rings is 1. The van der Waals surface area contributed by atoms with Crippen LogP contribution in [0.4, 0.5) is 0 Å². The van der Waals surface area contributed by atoms with Crippen molar-refractivity contribution in [1.29, 1.82) is 0 Å². The third-order valence-electron chi connectivity index (χ3n) is 2.38. The lowest BCUT2D eigenvalue weighted by Crippen LogP contribution is -2.35. The number of carbonyl (C=O) groups excluding carboxylic acids is 1. The van der Waals surface area contributed by atoms with Gasteiger partial charge in [0, 0.05) is 31.4 Å². The third-order valence-corrected chi connectivity index (χ3v) is 3.15. The van der Waals surface area contributed by atoms with Crippen LogP contribution in [0.1, 0.15) is 5.69 Å². The summed E-state index contributed by atoms with van der Waals surface area (Å²) in [6, 6.07) is 0. The molecule has 1 amide bonds. The van der Waals surface area contributed by atoms with Crippen molar-refractivity contribution >= 4 is 22.2 Å². The van der Waals surface area contributed by atoms with Crippen LogP contribution < -0.4 is 5.32 Å². The lowest BCUT2D eigenvalue weighted by atomic mass is 10.3. The van der Waals surface area contributed by atoms with Gasteiger partial charge in [0.05, 0.1) is 24.8 Å². The second-order valence-electron chi connectivity index (χ2n) is 3.92. The number of fused-ring (bicyclic) bond motifs is 1. The average Bonchev–Trinajstić information content (AvgIpc) is 2.87. The topological polar surface area (TPSA) is 75.9 Å². The lowest BCUT2D eigenvalue weighted by Gasteiger charge is -2.09. The van der Waals surface area contributed by atoms with Gasteiger partial charge in [-0.15, -0.1) is 11.3 Å². The third kappa shape index (κ3) is 3.28. The van der Waals surface area contributed by atoms with Crippen LogP contribution in [-0.2, 0) is 16.0 Å². The largest absolute Gasteiger partial charge is 0.389 e. The highest BCUT2D eigenvalue weighted by Crippen LogP contribution is 2.11. The van der Waals surface area contributed by atoms with E-state index in [9.17, 15) is 9.90 Å². The van der Waals surface area contributed by atoms with Crippen LogP contribution in [0, 0.1) is 0 Å². The Morgan fingerprint density at radius 3 is 3.28 bits per heavy atom. The fraction of sp³-hybridized carbons (Fsp3) is 0.455. The molecule has 2 rings (SSSR count). The van der Waals surface area contributed by atoms with Gasteiger partial charge < -0.3 is 15.2 Å². The minimum absolute atomic E-state index is 0.157. The van der Waals surface area contributed by atoms with Gasteiger partial charge in [-0.05, 0) is 0 Å². The number of aliphatic hydroxyl groups is 1. The van der Waals surface area contributed by atoms with Crippen molar-refractivity contribution in [1.82, 2.24) is 14.7 Å². The summed E-state index contributed by atoms with van der Waals surface area (Å²) in [6.45, 7) is 0.398. The molecule has 0 bridgehead atoms. The second-order valence-corrected chi connectivity index (χ2v) is 4.79. The first-order valence-corrected chi connectivity index (χ1v) is 6.42. The number of aliphatic hydroxyl groups excluding tert-OH is 1. The first-order valence-electron chi connectivity index (χ1n) is 5.54. The molecule has 0 radical (unpaired) electrons. The van der Waals surface area contributed by atoms with Gasteiger partial charge in [0.2, 0.25) is 5.91 Å². The number of thiazole rings is 1. The highest BCUT2D eigenvalue weighted by atomic mass is 32.1. The molecule has 2 aromatic heterocycles. The second kappa shape index (κ2) is 5.94. The monoisotopic (exact) mass is 269 g/mol. The van der Waals surface area contributed by atoms with Crippen molar-refractivity contribution < 1.29 is 14.6 Å². The molecule has 18 heavy (non-hydrogen) atoms. The molecule has 0 aliphatic rings. The summed E-state index contributed by atoms with van der Waals surface area (Å²) < 4.78 is 6.65. The van der Waals surface area contributed by atoms with Crippen molar-refractivity contribution in [3.8, 4) is 0 Å². The summed E-state index contributed by atoms with van der Waals surface area (Å²) in [6.07, 6.45) is 3.27. The maximum Gasteiger partial charge on any atom is 0.226 e. The fourth-order valence-corrected chi connectivity index (χ4v) is 2.29. The smallest absolute Gasteiger partial charge is 0.226 e. The molecule has 6 nitrogen and oxygen atoms in total. The fourth-order valence-electron chi connectivity index (χ4n) is 1.57. The Morgan fingerprint density at radius 2 is 2.56 bits per heavy atom. The van der Waals surface area contributed by atoms with E-state index in [0.717, 1.165) is 10.7 Å². The maximum absolute atomic E-state index is 11.6. The molecule has 98 valence electrons. The van der Waals surface area contributed by atoms with Gasteiger partial charge in [-0.1, -0.05) is 0 Å². The molecule has 7 heteroatoms. The summed E-state index contributed by atoms with van der Waals surface area (Å²) >= 11 is 1.52. The van der Waals surface area contributed by atoms with Crippen molar-refractivity contribution in [2.24, 2.45) is 0 Å². The Labute approximate surface area is 108 Å². The summed E-state index contributed by atoms with van der Waals surface area (Å²) in [7, 11) is 1.50. The van der Waals surface area contributed by atoms with E-state index in [1.807, 2.05) is 22.2 Å². The Kier molecular flexibility index (Phi) is 4.29. The Morgan fingerprint density at radius 1 is 1.72 bits per heavy atom. The van der Waals surface area contributed by atoms with E-state index in [4.69, 9.17) is 4.74 Å². The number of nitrogens with one attached hydrogen (secondary N) is 1. The van der Waals surface area contributed by atoms with Gasteiger partial charge in [0.1, 0.15) is 0 Å². The van der Waals surface area contributed by atoms with Gasteiger partial charge in [0.25, 0.3) is 0 Å². The molecule has 0 aromatic carbocycles. The molecule has 0 fully saturated rings. The molecule has 0 saturated carbocycles. The van der Waals surface area contributed by atoms with Crippen molar-refractivity contribution in [3.05, 3.63) is 23.5 Å². The summed E-state index contributed by atoms with van der Waals surface area (Å²) in [5.74, 6) is -0.157. The number of methoxy groups -OCH3 is 1. The van der Waals surface area contributed by atoms with E-state index in [-0.39, 0.29) is 25.5 Å². The van der Waals surface area contributed by atoms with Gasteiger partial charge >= 0.3 is 0 Å². The zero-order chi connectivity index (χ0) is 13.0. The van der Waals surface area contributed by atoms with E-state index in [2.05, 4.69) is 10.3 Å². The van der Waals surface area contributed by atoms with E-state index in [0.29, 0.717) is 0 Å². The Bertz CT molecular complexity index is 494. The molecule has 1 unspecified atom stereocenters. The number of amides is 1. The van der Waals surface area contributed by atoms with Crippen LogP contribution in [0.25, 0.3) is 4.96 Å². The van der Waals surface area contributed by atoms with Crippen LogP contribution in [0.5, 0.6) is 0 Å². The van der Waals surface area contributed by atoms with Gasteiger partial charge in [0.15, 0.2) is 4.96 Å².